The highest BCUT2D eigenvalue weighted by atomic mass is 19.1. The number of morpholine rings is 1. The molecule has 0 atom stereocenters. The third-order valence-electron chi connectivity index (χ3n) is 3.66. The minimum Gasteiger partial charge on any atom is -0.489 e. The summed E-state index contributed by atoms with van der Waals surface area (Å²) in [6.45, 7) is 10.4. The standard InChI is InChI=1S/C15H18FN3O2.C2H6/c1-11-12-8-13(16)15(9-14(12)18-10-17-11)21-7-4-19-2-5-20-6-3-19;1-2/h8-10H,2-7H2,1H3;1-2H3. The average molecular weight is 321 g/mol. The quantitative estimate of drug-likeness (QED) is 0.866. The molecule has 1 fully saturated rings. The van der Waals surface area contributed by atoms with E-state index in [0.29, 0.717) is 12.1 Å². The van der Waals surface area contributed by atoms with Crippen LogP contribution >= 0.6 is 0 Å². The molecule has 1 aliphatic rings. The first-order valence-corrected chi connectivity index (χ1v) is 8.08. The number of fused-ring (bicyclic) bond motifs is 1. The first-order chi connectivity index (χ1) is 11.2. The van der Waals surface area contributed by atoms with Gasteiger partial charge in [-0.3, -0.25) is 4.90 Å². The number of halogens is 1. The van der Waals surface area contributed by atoms with Gasteiger partial charge in [-0.1, -0.05) is 13.8 Å². The van der Waals surface area contributed by atoms with E-state index in [9.17, 15) is 4.39 Å². The molecule has 0 aliphatic carbocycles. The van der Waals surface area contributed by atoms with Crippen LogP contribution in [0.5, 0.6) is 5.75 Å². The molecule has 6 heteroatoms. The Bertz CT molecular complexity index is 631. The predicted octanol–water partition coefficient (Wildman–Crippen LogP) is 2.81. The molecule has 126 valence electrons. The Balaban J connectivity index is 0.000000924. The maximum absolute atomic E-state index is 14.1. The van der Waals surface area contributed by atoms with Crippen LogP contribution in [-0.4, -0.2) is 54.3 Å². The lowest BCUT2D eigenvalue weighted by Gasteiger charge is -2.26. The molecule has 0 spiro atoms. The Kier molecular flexibility index (Phi) is 6.67. The zero-order chi connectivity index (χ0) is 16.7. The fraction of sp³-hybridized carbons (Fsp3) is 0.529. The van der Waals surface area contributed by atoms with E-state index in [1.54, 1.807) is 6.07 Å². The lowest BCUT2D eigenvalue weighted by Crippen LogP contribution is -2.38. The molecule has 2 aromatic rings. The third kappa shape index (κ3) is 4.59. The van der Waals surface area contributed by atoms with Gasteiger partial charge in [0, 0.05) is 36.8 Å². The molecule has 0 radical (unpaired) electrons. The lowest BCUT2D eigenvalue weighted by atomic mass is 10.2. The Morgan fingerprint density at radius 2 is 1.96 bits per heavy atom. The summed E-state index contributed by atoms with van der Waals surface area (Å²) < 4.78 is 24.9. The molecule has 0 unspecified atom stereocenters. The summed E-state index contributed by atoms with van der Waals surface area (Å²) in [6, 6.07) is 3.08. The van der Waals surface area contributed by atoms with Crippen LogP contribution in [0.1, 0.15) is 19.5 Å². The summed E-state index contributed by atoms with van der Waals surface area (Å²) in [7, 11) is 0. The number of aromatic nitrogens is 2. The Labute approximate surface area is 136 Å². The first-order valence-electron chi connectivity index (χ1n) is 8.08. The highest BCUT2D eigenvalue weighted by molar-refractivity contribution is 5.82. The average Bonchev–Trinajstić information content (AvgIpc) is 2.59. The summed E-state index contributed by atoms with van der Waals surface area (Å²) >= 11 is 0. The largest absolute Gasteiger partial charge is 0.489 e. The molecule has 1 aromatic heterocycles. The second-order valence-corrected chi connectivity index (χ2v) is 5.06. The van der Waals surface area contributed by atoms with Crippen molar-refractivity contribution >= 4 is 10.9 Å². The first kappa shape index (κ1) is 17.6. The van der Waals surface area contributed by atoms with E-state index in [1.165, 1.54) is 12.4 Å². The molecule has 3 rings (SSSR count). The second-order valence-electron chi connectivity index (χ2n) is 5.06. The molecule has 5 nitrogen and oxygen atoms in total. The molecule has 0 N–H and O–H groups in total. The van der Waals surface area contributed by atoms with Crippen LogP contribution in [0.2, 0.25) is 0 Å². The molecule has 1 saturated heterocycles. The van der Waals surface area contributed by atoms with E-state index in [2.05, 4.69) is 14.9 Å². The normalized spacial score (nSPS) is 15.1. The number of hydrogen-bond donors (Lipinski definition) is 0. The fourth-order valence-electron chi connectivity index (χ4n) is 2.41. The minimum atomic E-state index is -0.373. The molecule has 1 aromatic carbocycles. The van der Waals surface area contributed by atoms with Gasteiger partial charge >= 0.3 is 0 Å². The smallest absolute Gasteiger partial charge is 0.165 e. The number of rotatable bonds is 4. The Morgan fingerprint density at radius 1 is 1.22 bits per heavy atom. The van der Waals surface area contributed by atoms with E-state index in [1.807, 2.05) is 20.8 Å². The zero-order valence-corrected chi connectivity index (χ0v) is 14.0. The van der Waals surface area contributed by atoms with Crippen molar-refractivity contribution in [2.24, 2.45) is 0 Å². The minimum absolute atomic E-state index is 0.244. The molecule has 2 heterocycles. The number of nitrogens with zero attached hydrogens (tertiary/aromatic N) is 3. The van der Waals surface area contributed by atoms with Crippen molar-refractivity contribution in [1.29, 1.82) is 0 Å². The molecular weight excluding hydrogens is 297 g/mol. The molecule has 23 heavy (non-hydrogen) atoms. The highest BCUT2D eigenvalue weighted by Gasteiger charge is 2.12. The van der Waals surface area contributed by atoms with E-state index >= 15 is 0 Å². The van der Waals surface area contributed by atoms with Crippen LogP contribution in [-0.2, 0) is 4.74 Å². The lowest BCUT2D eigenvalue weighted by molar-refractivity contribution is 0.0320. The van der Waals surface area contributed by atoms with Gasteiger partial charge < -0.3 is 9.47 Å². The van der Waals surface area contributed by atoms with Crippen LogP contribution in [0, 0.1) is 12.7 Å². The molecule has 0 bridgehead atoms. The monoisotopic (exact) mass is 321 g/mol. The van der Waals surface area contributed by atoms with Gasteiger partial charge in [-0.25, -0.2) is 14.4 Å². The zero-order valence-electron chi connectivity index (χ0n) is 14.0. The van der Waals surface area contributed by atoms with Crippen molar-refractivity contribution in [1.82, 2.24) is 14.9 Å². The summed E-state index contributed by atoms with van der Waals surface area (Å²) in [5.41, 5.74) is 1.46. The number of hydrogen-bond acceptors (Lipinski definition) is 5. The van der Waals surface area contributed by atoms with Gasteiger partial charge in [0.15, 0.2) is 11.6 Å². The van der Waals surface area contributed by atoms with Crippen LogP contribution in [0.25, 0.3) is 10.9 Å². The van der Waals surface area contributed by atoms with Crippen molar-refractivity contribution in [3.63, 3.8) is 0 Å². The van der Waals surface area contributed by atoms with Crippen LogP contribution < -0.4 is 4.74 Å². The number of aryl methyl sites for hydroxylation is 1. The topological polar surface area (TPSA) is 47.5 Å². The van der Waals surface area contributed by atoms with Gasteiger partial charge in [0.1, 0.15) is 12.9 Å². The summed E-state index contributed by atoms with van der Waals surface area (Å²) in [4.78, 5) is 10.5. The maximum Gasteiger partial charge on any atom is 0.165 e. The summed E-state index contributed by atoms with van der Waals surface area (Å²) in [5, 5.41) is 0.718. The second kappa shape index (κ2) is 8.74. The Morgan fingerprint density at radius 3 is 2.70 bits per heavy atom. The third-order valence-corrected chi connectivity index (χ3v) is 3.66. The van der Waals surface area contributed by atoms with Gasteiger partial charge in [0.05, 0.1) is 18.7 Å². The molecule has 0 amide bonds. The molecular formula is C17H24FN3O2. The van der Waals surface area contributed by atoms with E-state index < -0.39 is 0 Å². The SMILES string of the molecule is CC.Cc1ncnc2cc(OCCN3CCOCC3)c(F)cc12. The number of ether oxygens (including phenoxy) is 2. The van der Waals surface area contributed by atoms with E-state index in [0.717, 1.165) is 43.9 Å². The summed E-state index contributed by atoms with van der Waals surface area (Å²) in [5.74, 6) is -0.128. The van der Waals surface area contributed by atoms with Crippen molar-refractivity contribution < 1.29 is 13.9 Å². The maximum atomic E-state index is 14.1. The van der Waals surface area contributed by atoms with Crippen LogP contribution in [0.3, 0.4) is 0 Å². The van der Waals surface area contributed by atoms with Crippen molar-refractivity contribution in [2.75, 3.05) is 39.5 Å². The van der Waals surface area contributed by atoms with Gasteiger partial charge in [0.2, 0.25) is 0 Å². The number of benzene rings is 1. The van der Waals surface area contributed by atoms with E-state index in [-0.39, 0.29) is 11.6 Å². The van der Waals surface area contributed by atoms with Crippen molar-refractivity contribution in [2.45, 2.75) is 20.8 Å². The fourth-order valence-corrected chi connectivity index (χ4v) is 2.41. The van der Waals surface area contributed by atoms with Crippen LogP contribution in [0.15, 0.2) is 18.5 Å². The van der Waals surface area contributed by atoms with E-state index in [4.69, 9.17) is 9.47 Å². The molecule has 1 aliphatic heterocycles. The van der Waals surface area contributed by atoms with Gasteiger partial charge in [0.25, 0.3) is 0 Å². The van der Waals surface area contributed by atoms with Crippen molar-refractivity contribution in [3.8, 4) is 5.75 Å². The van der Waals surface area contributed by atoms with Gasteiger partial charge in [-0.15, -0.1) is 0 Å². The molecule has 0 saturated carbocycles. The Hall–Kier alpha value is -1.79. The van der Waals surface area contributed by atoms with Gasteiger partial charge in [-0.2, -0.15) is 0 Å². The highest BCUT2D eigenvalue weighted by Crippen LogP contribution is 2.24. The summed E-state index contributed by atoms with van der Waals surface area (Å²) in [6.07, 6.45) is 1.48. The van der Waals surface area contributed by atoms with Gasteiger partial charge in [-0.05, 0) is 13.0 Å². The van der Waals surface area contributed by atoms with Crippen LogP contribution in [0.4, 0.5) is 4.39 Å². The van der Waals surface area contributed by atoms with Crippen molar-refractivity contribution in [3.05, 3.63) is 30.0 Å². The predicted molar refractivity (Wildman–Crippen MR) is 88.3 cm³/mol.